The van der Waals surface area contributed by atoms with Crippen LogP contribution in [0, 0.1) is 0 Å². The number of ether oxygens (including phenoxy) is 3. The van der Waals surface area contributed by atoms with Crippen LogP contribution in [0.4, 0.5) is 0 Å². The summed E-state index contributed by atoms with van der Waals surface area (Å²) in [6.45, 7) is 9.72. The largest absolute Gasteiger partial charge is 0.462 e. The van der Waals surface area contributed by atoms with Gasteiger partial charge in [0.25, 0.3) is 0 Å². The summed E-state index contributed by atoms with van der Waals surface area (Å²) in [7, 11) is -1.68. The standard InChI is InChI=1S/C15H22O6Si/c1-6-19-14(17)12(15(18)20-7-2)11-10(8-21-13(11)16)9-22(3,4)5/h9H,6-8H2,1-5H3/b10-9+. The van der Waals surface area contributed by atoms with Crippen LogP contribution in [0.3, 0.4) is 0 Å². The lowest BCUT2D eigenvalue weighted by Crippen LogP contribution is -2.23. The number of cyclic esters (lactones) is 1. The van der Waals surface area contributed by atoms with E-state index in [0.717, 1.165) is 0 Å². The van der Waals surface area contributed by atoms with Crippen LogP contribution >= 0.6 is 0 Å². The Balaban J connectivity index is 3.45. The van der Waals surface area contributed by atoms with Crippen molar-refractivity contribution in [2.75, 3.05) is 19.8 Å². The summed E-state index contributed by atoms with van der Waals surface area (Å²) in [4.78, 5) is 36.2. The molecule has 122 valence electrons. The zero-order valence-corrected chi connectivity index (χ0v) is 14.6. The molecule has 7 heteroatoms. The monoisotopic (exact) mass is 326 g/mol. The number of carbonyl (C=O) groups is 3. The molecule has 0 unspecified atom stereocenters. The van der Waals surface area contributed by atoms with Gasteiger partial charge in [0.2, 0.25) is 0 Å². The van der Waals surface area contributed by atoms with Crippen molar-refractivity contribution in [3.8, 4) is 0 Å². The topological polar surface area (TPSA) is 78.9 Å². The third-order valence-electron chi connectivity index (χ3n) is 2.70. The maximum Gasteiger partial charge on any atom is 0.346 e. The van der Waals surface area contributed by atoms with Gasteiger partial charge in [0.1, 0.15) is 6.61 Å². The fraction of sp³-hybridized carbons (Fsp3) is 0.533. The van der Waals surface area contributed by atoms with Crippen LogP contribution in [0.15, 0.2) is 22.4 Å². The van der Waals surface area contributed by atoms with Crippen LogP contribution in [-0.4, -0.2) is 45.8 Å². The second-order valence-corrected chi connectivity index (χ2v) is 10.8. The van der Waals surface area contributed by atoms with Crippen LogP contribution in [0.5, 0.6) is 0 Å². The van der Waals surface area contributed by atoms with E-state index in [2.05, 4.69) is 19.6 Å². The van der Waals surface area contributed by atoms with Gasteiger partial charge in [0.15, 0.2) is 5.57 Å². The van der Waals surface area contributed by atoms with Gasteiger partial charge >= 0.3 is 17.9 Å². The summed E-state index contributed by atoms with van der Waals surface area (Å²) in [6, 6.07) is 0. The molecule has 0 atom stereocenters. The highest BCUT2D eigenvalue weighted by Gasteiger charge is 2.37. The smallest absolute Gasteiger partial charge is 0.346 e. The average Bonchev–Trinajstić information content (AvgIpc) is 2.71. The fourth-order valence-electron chi connectivity index (χ4n) is 2.01. The van der Waals surface area contributed by atoms with E-state index in [1.54, 1.807) is 13.8 Å². The summed E-state index contributed by atoms with van der Waals surface area (Å²) in [5.74, 6) is -2.42. The normalized spacial score (nSPS) is 16.5. The summed E-state index contributed by atoms with van der Waals surface area (Å²) >= 11 is 0. The molecule has 1 saturated heterocycles. The van der Waals surface area contributed by atoms with Crippen molar-refractivity contribution >= 4 is 26.0 Å². The minimum atomic E-state index is -1.68. The first kappa shape index (κ1) is 18.2. The highest BCUT2D eigenvalue weighted by molar-refractivity contribution is 6.81. The van der Waals surface area contributed by atoms with Crippen LogP contribution in [0.2, 0.25) is 19.6 Å². The Morgan fingerprint density at radius 1 is 1.14 bits per heavy atom. The lowest BCUT2D eigenvalue weighted by molar-refractivity contribution is -0.147. The van der Waals surface area contributed by atoms with E-state index in [-0.39, 0.29) is 31.0 Å². The fourth-order valence-corrected chi connectivity index (χ4v) is 3.28. The summed E-state index contributed by atoms with van der Waals surface area (Å²) in [5, 5.41) is 0. The highest BCUT2D eigenvalue weighted by atomic mass is 28.3. The van der Waals surface area contributed by atoms with E-state index < -0.39 is 26.0 Å². The molecule has 1 aliphatic heterocycles. The minimum Gasteiger partial charge on any atom is -0.462 e. The van der Waals surface area contributed by atoms with Gasteiger partial charge in [-0.25, -0.2) is 14.4 Å². The lowest BCUT2D eigenvalue weighted by Gasteiger charge is -2.12. The predicted octanol–water partition coefficient (Wildman–Crippen LogP) is 1.77. The van der Waals surface area contributed by atoms with Gasteiger partial charge in [-0.05, 0) is 19.4 Å². The Morgan fingerprint density at radius 3 is 2.05 bits per heavy atom. The van der Waals surface area contributed by atoms with E-state index in [9.17, 15) is 14.4 Å². The first-order chi connectivity index (χ1) is 10.2. The van der Waals surface area contributed by atoms with Crippen molar-refractivity contribution < 1.29 is 28.6 Å². The molecule has 0 aromatic heterocycles. The first-order valence-corrected chi connectivity index (χ1v) is 10.8. The Morgan fingerprint density at radius 2 is 1.64 bits per heavy atom. The van der Waals surface area contributed by atoms with Crippen LogP contribution in [0.25, 0.3) is 0 Å². The van der Waals surface area contributed by atoms with Crippen LogP contribution in [-0.2, 0) is 28.6 Å². The molecule has 0 amide bonds. The highest BCUT2D eigenvalue weighted by Crippen LogP contribution is 2.27. The van der Waals surface area contributed by atoms with Crippen molar-refractivity contribution in [1.82, 2.24) is 0 Å². The van der Waals surface area contributed by atoms with E-state index in [0.29, 0.717) is 5.57 Å². The summed E-state index contributed by atoms with van der Waals surface area (Å²) < 4.78 is 14.8. The van der Waals surface area contributed by atoms with Gasteiger partial charge < -0.3 is 14.2 Å². The van der Waals surface area contributed by atoms with Crippen molar-refractivity contribution in [2.45, 2.75) is 33.5 Å². The van der Waals surface area contributed by atoms with Crippen molar-refractivity contribution in [3.05, 3.63) is 22.4 Å². The molecule has 1 rings (SSSR count). The zero-order chi connectivity index (χ0) is 16.9. The molecule has 1 fully saturated rings. The maximum atomic E-state index is 12.1. The molecule has 0 aliphatic carbocycles. The van der Waals surface area contributed by atoms with Crippen molar-refractivity contribution in [1.29, 1.82) is 0 Å². The second kappa shape index (κ2) is 7.39. The Labute approximate surface area is 131 Å². The van der Waals surface area contributed by atoms with Gasteiger partial charge in [-0.2, -0.15) is 0 Å². The van der Waals surface area contributed by atoms with Gasteiger partial charge in [0.05, 0.1) is 26.9 Å². The lowest BCUT2D eigenvalue weighted by atomic mass is 10.0. The molecule has 0 radical (unpaired) electrons. The molecule has 1 heterocycles. The molecular formula is C15H22O6Si. The molecule has 6 nitrogen and oxygen atoms in total. The van der Waals surface area contributed by atoms with E-state index in [1.807, 2.05) is 5.70 Å². The third kappa shape index (κ3) is 4.56. The maximum absolute atomic E-state index is 12.1. The SMILES string of the molecule is CCOC(=O)C(C(=O)OCC)=C1C(=O)OC/C1=C\[Si](C)(C)C. The molecule has 0 N–H and O–H groups in total. The quantitative estimate of drug-likeness (QED) is 0.191. The molecule has 1 aliphatic rings. The number of hydrogen-bond donors (Lipinski definition) is 0. The number of hydrogen-bond acceptors (Lipinski definition) is 6. The van der Waals surface area contributed by atoms with Gasteiger partial charge in [-0.3, -0.25) is 0 Å². The third-order valence-corrected chi connectivity index (χ3v) is 3.91. The number of rotatable bonds is 5. The van der Waals surface area contributed by atoms with E-state index in [4.69, 9.17) is 14.2 Å². The minimum absolute atomic E-state index is 0.0284. The molecular weight excluding hydrogens is 304 g/mol. The van der Waals surface area contributed by atoms with Crippen molar-refractivity contribution in [3.63, 3.8) is 0 Å². The van der Waals surface area contributed by atoms with Gasteiger partial charge in [-0.15, -0.1) is 0 Å². The Bertz CT molecular complexity index is 519. The first-order valence-electron chi connectivity index (χ1n) is 7.19. The molecule has 0 aromatic rings. The van der Waals surface area contributed by atoms with Gasteiger partial charge in [-0.1, -0.05) is 25.3 Å². The van der Waals surface area contributed by atoms with Gasteiger partial charge in [0, 0.05) is 0 Å². The van der Waals surface area contributed by atoms with Crippen molar-refractivity contribution in [2.24, 2.45) is 0 Å². The predicted molar refractivity (Wildman–Crippen MR) is 82.7 cm³/mol. The van der Waals surface area contributed by atoms with Crippen LogP contribution in [0.1, 0.15) is 13.8 Å². The van der Waals surface area contributed by atoms with Crippen LogP contribution < -0.4 is 0 Å². The summed E-state index contributed by atoms with van der Waals surface area (Å²) in [5.41, 5.74) is 2.08. The van der Waals surface area contributed by atoms with E-state index in [1.165, 1.54) is 0 Å². The number of esters is 3. The Kier molecular flexibility index (Phi) is 6.10. The molecule has 0 saturated carbocycles. The van der Waals surface area contributed by atoms with E-state index >= 15 is 0 Å². The molecule has 0 spiro atoms. The Hall–Kier alpha value is -1.89. The molecule has 0 bridgehead atoms. The summed E-state index contributed by atoms with van der Waals surface area (Å²) in [6.07, 6.45) is 0. The zero-order valence-electron chi connectivity index (χ0n) is 13.6. The number of carbonyl (C=O) groups excluding carboxylic acids is 3. The average molecular weight is 326 g/mol. The molecule has 22 heavy (non-hydrogen) atoms. The second-order valence-electron chi connectivity index (χ2n) is 5.80. The molecule has 0 aromatic carbocycles.